The average molecular weight is 411 g/mol. The molecule has 2 aromatic rings. The zero-order valence-electron chi connectivity index (χ0n) is 13.9. The molecule has 26 heavy (non-hydrogen) atoms. The highest BCUT2D eigenvalue weighted by Gasteiger charge is 2.55. The lowest BCUT2D eigenvalue weighted by molar-refractivity contribution is -0.128. The molecule has 8 heteroatoms. The first kappa shape index (κ1) is 18.0. The molecule has 2 bridgehead atoms. The summed E-state index contributed by atoms with van der Waals surface area (Å²) in [5, 5.41) is 0. The van der Waals surface area contributed by atoms with Crippen LogP contribution in [0.2, 0.25) is 4.34 Å². The summed E-state index contributed by atoms with van der Waals surface area (Å²) in [4.78, 5) is 12.5. The highest BCUT2D eigenvalue weighted by Crippen LogP contribution is 2.49. The van der Waals surface area contributed by atoms with Crippen LogP contribution in [0.25, 0.3) is 0 Å². The van der Waals surface area contributed by atoms with Gasteiger partial charge in [-0.25, -0.2) is 13.1 Å². The Morgan fingerprint density at radius 3 is 2.62 bits per heavy atom. The molecule has 3 atom stereocenters. The Morgan fingerprint density at radius 2 is 1.96 bits per heavy atom. The molecule has 1 heterocycles. The predicted octanol–water partition coefficient (Wildman–Crippen LogP) is 2.73. The van der Waals surface area contributed by atoms with Crippen LogP contribution in [0.5, 0.6) is 0 Å². The molecule has 1 fully saturated rings. The SMILES string of the molecule is NC(=O)[C@]12CCC(Cc3ccccc3C1)[C@@H]2NS(=O)(=O)c1ccc(Cl)s1. The number of hydrogen-bond acceptors (Lipinski definition) is 4. The third-order valence-electron chi connectivity index (χ3n) is 5.72. The molecule has 3 N–H and O–H groups in total. The van der Waals surface area contributed by atoms with Gasteiger partial charge in [0.2, 0.25) is 15.9 Å². The van der Waals surface area contributed by atoms with Gasteiger partial charge in [-0.05, 0) is 54.9 Å². The van der Waals surface area contributed by atoms with E-state index in [1.807, 2.05) is 18.2 Å². The van der Waals surface area contributed by atoms with E-state index in [9.17, 15) is 13.2 Å². The van der Waals surface area contributed by atoms with Crippen molar-refractivity contribution in [3.05, 3.63) is 51.9 Å². The molecule has 1 aromatic heterocycles. The molecule has 1 saturated carbocycles. The number of halogens is 1. The molecule has 4 rings (SSSR count). The van der Waals surface area contributed by atoms with Crippen LogP contribution in [0.1, 0.15) is 24.0 Å². The van der Waals surface area contributed by atoms with Crippen molar-refractivity contribution in [2.24, 2.45) is 17.1 Å². The number of amides is 1. The molecule has 1 unspecified atom stereocenters. The Kier molecular flexibility index (Phi) is 4.38. The van der Waals surface area contributed by atoms with E-state index in [1.54, 1.807) is 6.07 Å². The minimum atomic E-state index is -3.76. The van der Waals surface area contributed by atoms with Crippen molar-refractivity contribution in [2.75, 3.05) is 0 Å². The van der Waals surface area contributed by atoms with Crippen LogP contribution in [-0.4, -0.2) is 20.4 Å². The number of thiophene rings is 1. The number of rotatable bonds is 4. The number of fused-ring (bicyclic) bond motifs is 3. The zero-order valence-corrected chi connectivity index (χ0v) is 16.3. The second-order valence-electron chi connectivity index (χ2n) is 7.13. The standard InChI is InChI=1S/C18H19ClN2O3S2/c19-14-5-6-15(25-14)26(23,24)21-16-12-7-8-18(16,17(20)22)10-13-4-2-1-3-11(13)9-12/h1-6,12,16,21H,7-10H2,(H2,20,22)/t12?,16-,18+/m0/s1. The molecular weight excluding hydrogens is 392 g/mol. The van der Waals surface area contributed by atoms with E-state index in [0.717, 1.165) is 29.7 Å². The molecule has 1 amide bonds. The lowest BCUT2D eigenvalue weighted by Crippen LogP contribution is -2.54. The Bertz CT molecular complexity index is 972. The van der Waals surface area contributed by atoms with Crippen LogP contribution in [0.3, 0.4) is 0 Å². The predicted molar refractivity (Wildman–Crippen MR) is 102 cm³/mol. The number of benzene rings is 1. The summed E-state index contributed by atoms with van der Waals surface area (Å²) in [5.41, 5.74) is 7.18. The van der Waals surface area contributed by atoms with Crippen LogP contribution in [0, 0.1) is 11.3 Å². The van der Waals surface area contributed by atoms with Crippen molar-refractivity contribution in [1.29, 1.82) is 0 Å². The first-order valence-electron chi connectivity index (χ1n) is 8.46. The Balaban J connectivity index is 1.75. The van der Waals surface area contributed by atoms with Gasteiger partial charge in [0.25, 0.3) is 0 Å². The van der Waals surface area contributed by atoms with Gasteiger partial charge in [0, 0.05) is 6.04 Å². The maximum absolute atomic E-state index is 12.9. The third kappa shape index (κ3) is 2.87. The highest BCUT2D eigenvalue weighted by molar-refractivity contribution is 7.91. The van der Waals surface area contributed by atoms with Crippen LogP contribution >= 0.6 is 22.9 Å². The Labute approximate surface area is 161 Å². The van der Waals surface area contributed by atoms with E-state index in [4.69, 9.17) is 17.3 Å². The van der Waals surface area contributed by atoms with Crippen LogP contribution in [0.4, 0.5) is 0 Å². The van der Waals surface area contributed by atoms with E-state index in [-0.39, 0.29) is 10.1 Å². The maximum atomic E-state index is 12.9. The van der Waals surface area contributed by atoms with Gasteiger partial charge >= 0.3 is 0 Å². The fourth-order valence-electron chi connectivity index (χ4n) is 4.43. The van der Waals surface area contributed by atoms with Crippen molar-refractivity contribution in [3.63, 3.8) is 0 Å². The molecule has 5 nitrogen and oxygen atoms in total. The number of sulfonamides is 1. The Hall–Kier alpha value is -1.41. The molecule has 0 radical (unpaired) electrons. The summed E-state index contributed by atoms with van der Waals surface area (Å²) in [5.74, 6) is -0.398. The molecule has 0 spiro atoms. The molecule has 0 saturated heterocycles. The number of carbonyl (C=O) groups excluding carboxylic acids is 1. The monoisotopic (exact) mass is 410 g/mol. The van der Waals surface area contributed by atoms with E-state index in [1.165, 1.54) is 11.6 Å². The fourth-order valence-corrected chi connectivity index (χ4v) is 7.31. The summed E-state index contributed by atoms with van der Waals surface area (Å²) in [7, 11) is -3.76. The second kappa shape index (κ2) is 6.34. The van der Waals surface area contributed by atoms with Gasteiger partial charge < -0.3 is 5.73 Å². The van der Waals surface area contributed by atoms with E-state index in [0.29, 0.717) is 17.2 Å². The van der Waals surface area contributed by atoms with Crippen LogP contribution in [-0.2, 0) is 27.7 Å². The first-order valence-corrected chi connectivity index (χ1v) is 11.1. The van der Waals surface area contributed by atoms with Gasteiger partial charge in [0.1, 0.15) is 4.21 Å². The van der Waals surface area contributed by atoms with Gasteiger partial charge in [-0.2, -0.15) is 0 Å². The molecule has 2 aliphatic carbocycles. The Morgan fingerprint density at radius 1 is 1.23 bits per heavy atom. The van der Waals surface area contributed by atoms with Crippen LogP contribution in [0.15, 0.2) is 40.6 Å². The van der Waals surface area contributed by atoms with Crippen molar-refractivity contribution < 1.29 is 13.2 Å². The largest absolute Gasteiger partial charge is 0.369 e. The quantitative estimate of drug-likeness (QED) is 0.812. The molecular formula is C18H19ClN2O3S2. The van der Waals surface area contributed by atoms with Crippen LogP contribution < -0.4 is 10.5 Å². The van der Waals surface area contributed by atoms with Gasteiger partial charge in [0.05, 0.1) is 9.75 Å². The minimum Gasteiger partial charge on any atom is -0.369 e. The number of nitrogens with two attached hydrogens (primary N) is 1. The van der Waals surface area contributed by atoms with E-state index >= 15 is 0 Å². The summed E-state index contributed by atoms with van der Waals surface area (Å²) in [6.45, 7) is 0. The lowest BCUT2D eigenvalue weighted by Gasteiger charge is -2.33. The van der Waals surface area contributed by atoms with Crippen molar-refractivity contribution in [2.45, 2.75) is 35.9 Å². The van der Waals surface area contributed by atoms with Gasteiger partial charge in [-0.1, -0.05) is 35.9 Å². The van der Waals surface area contributed by atoms with Crippen molar-refractivity contribution in [3.8, 4) is 0 Å². The topological polar surface area (TPSA) is 89.3 Å². The summed E-state index contributed by atoms with van der Waals surface area (Å²) in [6.07, 6.45) is 2.58. The average Bonchev–Trinajstić information content (AvgIpc) is 3.11. The van der Waals surface area contributed by atoms with E-state index < -0.39 is 27.4 Å². The smallest absolute Gasteiger partial charge is 0.250 e. The zero-order chi connectivity index (χ0) is 18.5. The van der Waals surface area contributed by atoms with Crippen molar-refractivity contribution >= 4 is 38.9 Å². The fraction of sp³-hybridized carbons (Fsp3) is 0.389. The highest BCUT2D eigenvalue weighted by atomic mass is 35.5. The summed E-state index contributed by atoms with van der Waals surface area (Å²) >= 11 is 6.90. The lowest BCUT2D eigenvalue weighted by atomic mass is 9.76. The second-order valence-corrected chi connectivity index (χ2v) is 10.8. The third-order valence-corrected chi connectivity index (χ3v) is 8.88. The van der Waals surface area contributed by atoms with Gasteiger partial charge in [-0.3, -0.25) is 4.79 Å². The molecule has 138 valence electrons. The molecule has 0 aliphatic heterocycles. The number of primary amides is 1. The minimum absolute atomic E-state index is 0.0383. The summed E-state index contributed by atoms with van der Waals surface area (Å²) in [6, 6.07) is 10.5. The number of carbonyl (C=O) groups is 1. The normalized spacial score (nSPS) is 27.7. The molecule has 1 aromatic carbocycles. The van der Waals surface area contributed by atoms with E-state index in [2.05, 4.69) is 10.8 Å². The number of hydrogen-bond donors (Lipinski definition) is 2. The number of nitrogens with one attached hydrogen (secondary N) is 1. The van der Waals surface area contributed by atoms with Gasteiger partial charge in [0.15, 0.2) is 0 Å². The first-order chi connectivity index (χ1) is 12.3. The summed E-state index contributed by atoms with van der Waals surface area (Å²) < 4.78 is 29.1. The van der Waals surface area contributed by atoms with Crippen molar-refractivity contribution in [1.82, 2.24) is 4.72 Å². The van der Waals surface area contributed by atoms with Gasteiger partial charge in [-0.15, -0.1) is 11.3 Å². The molecule has 2 aliphatic rings. The maximum Gasteiger partial charge on any atom is 0.250 e.